The Labute approximate surface area is 111 Å². The fourth-order valence-corrected chi connectivity index (χ4v) is 2.11. The molecule has 1 heterocycles. The summed E-state index contributed by atoms with van der Waals surface area (Å²) in [5.41, 5.74) is 2.80. The van der Waals surface area contributed by atoms with Crippen LogP contribution in [-0.2, 0) is 4.79 Å². The Kier molecular flexibility index (Phi) is 3.93. The van der Waals surface area contributed by atoms with Crippen LogP contribution in [0.2, 0.25) is 0 Å². The van der Waals surface area contributed by atoms with Crippen molar-refractivity contribution >= 4 is 11.5 Å². The predicted octanol–water partition coefficient (Wildman–Crippen LogP) is 2.75. The Morgan fingerprint density at radius 1 is 1.53 bits per heavy atom. The molecule has 2 rings (SSSR count). The number of Topliss-reactive ketones (excluding diaryl/α,β-unsaturated/α-hetero) is 1. The molecule has 0 N–H and O–H groups in total. The third-order valence-electron chi connectivity index (χ3n) is 3.11. The van der Waals surface area contributed by atoms with Gasteiger partial charge >= 0.3 is 0 Å². The molecule has 1 aliphatic rings. The maximum atomic E-state index is 12.8. The molecule has 1 aromatic rings. The van der Waals surface area contributed by atoms with Gasteiger partial charge in [0, 0.05) is 17.5 Å². The SMILES string of the molecule is CC(=O)COc1cc(C)c(C(=NF)C2CC2)c(C)n1. The maximum Gasteiger partial charge on any atom is 0.214 e. The minimum absolute atomic E-state index is 0.00207. The van der Waals surface area contributed by atoms with Crippen LogP contribution >= 0.6 is 0 Å². The lowest BCUT2D eigenvalue weighted by Gasteiger charge is -2.12. The monoisotopic (exact) mass is 264 g/mol. The molecule has 1 aromatic heterocycles. The van der Waals surface area contributed by atoms with Crippen LogP contribution in [0.15, 0.2) is 11.3 Å². The summed E-state index contributed by atoms with van der Waals surface area (Å²) < 4.78 is 18.1. The van der Waals surface area contributed by atoms with Crippen LogP contribution in [0.25, 0.3) is 0 Å². The summed E-state index contributed by atoms with van der Waals surface area (Å²) in [4.78, 5) is 15.1. The lowest BCUT2D eigenvalue weighted by molar-refractivity contribution is -0.119. The summed E-state index contributed by atoms with van der Waals surface area (Å²) in [5.74, 6) is 0.543. The van der Waals surface area contributed by atoms with Crippen LogP contribution in [0.4, 0.5) is 4.48 Å². The second kappa shape index (κ2) is 5.47. The lowest BCUT2D eigenvalue weighted by atomic mass is 10.00. The average molecular weight is 264 g/mol. The number of aromatic nitrogens is 1. The van der Waals surface area contributed by atoms with E-state index in [0.717, 1.165) is 24.0 Å². The molecule has 1 aliphatic carbocycles. The zero-order chi connectivity index (χ0) is 14.0. The highest BCUT2D eigenvalue weighted by atomic mass is 19.2. The van der Waals surface area contributed by atoms with Gasteiger partial charge in [-0.3, -0.25) is 4.79 Å². The van der Waals surface area contributed by atoms with Gasteiger partial charge in [-0.1, -0.05) is 9.70 Å². The normalized spacial score (nSPS) is 15.5. The first-order valence-electron chi connectivity index (χ1n) is 6.32. The van der Waals surface area contributed by atoms with Gasteiger partial charge in [-0.25, -0.2) is 4.98 Å². The number of halogens is 1. The quantitative estimate of drug-likeness (QED) is 0.768. The molecule has 19 heavy (non-hydrogen) atoms. The number of hydrogen-bond donors (Lipinski definition) is 0. The molecule has 4 nitrogen and oxygen atoms in total. The molecule has 0 unspecified atom stereocenters. The van der Waals surface area contributed by atoms with Crippen molar-refractivity contribution in [3.05, 3.63) is 22.9 Å². The number of ketones is 1. The van der Waals surface area contributed by atoms with Crippen molar-refractivity contribution in [3.63, 3.8) is 0 Å². The number of carbonyl (C=O) groups is 1. The Hall–Kier alpha value is -1.78. The number of aryl methyl sites for hydroxylation is 2. The first kappa shape index (κ1) is 13.6. The van der Waals surface area contributed by atoms with Crippen molar-refractivity contribution in [1.29, 1.82) is 0 Å². The summed E-state index contributed by atoms with van der Waals surface area (Å²) in [7, 11) is 0. The van der Waals surface area contributed by atoms with Crippen molar-refractivity contribution in [2.75, 3.05) is 6.61 Å². The minimum Gasteiger partial charge on any atom is -0.470 e. The summed E-state index contributed by atoms with van der Waals surface area (Å²) >= 11 is 0. The smallest absolute Gasteiger partial charge is 0.214 e. The molecule has 1 saturated carbocycles. The van der Waals surface area contributed by atoms with Crippen molar-refractivity contribution in [2.45, 2.75) is 33.6 Å². The van der Waals surface area contributed by atoms with E-state index in [1.807, 2.05) is 6.92 Å². The topological polar surface area (TPSA) is 51.5 Å². The molecular formula is C14H17FN2O2. The van der Waals surface area contributed by atoms with Crippen molar-refractivity contribution in [1.82, 2.24) is 4.98 Å². The molecule has 0 radical (unpaired) electrons. The second-order valence-corrected chi connectivity index (χ2v) is 4.97. The summed E-state index contributed by atoms with van der Waals surface area (Å²) in [5, 5.41) is 2.93. The molecule has 0 bridgehead atoms. The fourth-order valence-electron chi connectivity index (χ4n) is 2.11. The van der Waals surface area contributed by atoms with Crippen molar-refractivity contribution in [3.8, 4) is 5.88 Å². The minimum atomic E-state index is -0.0647. The van der Waals surface area contributed by atoms with Gasteiger partial charge in [-0.15, -0.1) is 0 Å². The number of rotatable bonds is 5. The average Bonchev–Trinajstić information content (AvgIpc) is 3.15. The third kappa shape index (κ3) is 3.16. The summed E-state index contributed by atoms with van der Waals surface area (Å²) in [6.45, 7) is 5.13. The number of nitrogens with zero attached hydrogens (tertiary/aromatic N) is 2. The molecule has 1 fully saturated rings. The molecule has 0 atom stereocenters. The van der Waals surface area contributed by atoms with Crippen LogP contribution in [0.5, 0.6) is 5.88 Å². The zero-order valence-corrected chi connectivity index (χ0v) is 11.4. The fraction of sp³-hybridized carbons (Fsp3) is 0.500. The van der Waals surface area contributed by atoms with Gasteiger partial charge in [-0.05, 0) is 39.2 Å². The van der Waals surface area contributed by atoms with Crippen LogP contribution < -0.4 is 4.74 Å². The van der Waals surface area contributed by atoms with E-state index < -0.39 is 0 Å². The molecule has 102 valence electrons. The van der Waals surface area contributed by atoms with Gasteiger partial charge < -0.3 is 4.74 Å². The summed E-state index contributed by atoms with van der Waals surface area (Å²) in [6, 6.07) is 1.72. The van der Waals surface area contributed by atoms with E-state index in [1.165, 1.54) is 6.92 Å². The number of ether oxygens (including phenoxy) is 1. The number of carbonyl (C=O) groups excluding carboxylic acids is 1. The van der Waals surface area contributed by atoms with Gasteiger partial charge in [-0.2, -0.15) is 0 Å². The third-order valence-corrected chi connectivity index (χ3v) is 3.11. The molecule has 0 aromatic carbocycles. The van der Waals surface area contributed by atoms with Crippen LogP contribution in [0.3, 0.4) is 0 Å². The molecule has 5 heteroatoms. The van der Waals surface area contributed by atoms with Gasteiger partial charge in [0.2, 0.25) is 5.88 Å². The highest BCUT2D eigenvalue weighted by Gasteiger charge is 2.31. The molecule has 0 amide bonds. The highest BCUT2D eigenvalue weighted by Crippen LogP contribution is 2.35. The van der Waals surface area contributed by atoms with Gasteiger partial charge in [0.1, 0.15) is 6.61 Å². The van der Waals surface area contributed by atoms with E-state index in [1.54, 1.807) is 13.0 Å². The molecular weight excluding hydrogens is 247 g/mol. The van der Waals surface area contributed by atoms with E-state index >= 15 is 0 Å². The molecule has 0 aliphatic heterocycles. The number of pyridine rings is 1. The Balaban J connectivity index is 2.28. The van der Waals surface area contributed by atoms with Crippen molar-refractivity contribution in [2.24, 2.45) is 11.1 Å². The van der Waals surface area contributed by atoms with Crippen LogP contribution in [0.1, 0.15) is 36.6 Å². The van der Waals surface area contributed by atoms with Gasteiger partial charge in [0.15, 0.2) is 5.78 Å². The number of hydrogen-bond acceptors (Lipinski definition) is 4. The van der Waals surface area contributed by atoms with Gasteiger partial charge in [0.25, 0.3) is 0 Å². The Bertz CT molecular complexity index is 513. The van der Waals surface area contributed by atoms with E-state index in [-0.39, 0.29) is 18.3 Å². The van der Waals surface area contributed by atoms with Gasteiger partial charge in [0.05, 0.1) is 11.4 Å². The Morgan fingerprint density at radius 3 is 2.68 bits per heavy atom. The van der Waals surface area contributed by atoms with Crippen LogP contribution in [0, 0.1) is 19.8 Å². The first-order chi connectivity index (χ1) is 9.02. The molecule has 0 spiro atoms. The maximum absolute atomic E-state index is 12.8. The van der Waals surface area contributed by atoms with E-state index in [9.17, 15) is 9.28 Å². The standard InChI is InChI=1S/C14H17FN2O2/c1-8-6-12(19-7-9(2)18)16-10(3)13(8)14(17-15)11-4-5-11/h6,11H,4-5,7H2,1-3H3. The summed E-state index contributed by atoms with van der Waals surface area (Å²) in [6.07, 6.45) is 1.95. The lowest BCUT2D eigenvalue weighted by Crippen LogP contribution is -2.12. The van der Waals surface area contributed by atoms with Crippen molar-refractivity contribution < 1.29 is 14.0 Å². The predicted molar refractivity (Wildman–Crippen MR) is 70.3 cm³/mol. The largest absolute Gasteiger partial charge is 0.470 e. The first-order valence-corrected chi connectivity index (χ1v) is 6.32. The van der Waals surface area contributed by atoms with E-state index in [0.29, 0.717) is 17.3 Å². The van der Waals surface area contributed by atoms with E-state index in [2.05, 4.69) is 10.2 Å². The second-order valence-electron chi connectivity index (χ2n) is 4.97. The van der Waals surface area contributed by atoms with Crippen LogP contribution in [-0.4, -0.2) is 23.1 Å². The Morgan fingerprint density at radius 2 is 2.21 bits per heavy atom. The highest BCUT2D eigenvalue weighted by molar-refractivity contribution is 6.05. The zero-order valence-electron chi connectivity index (χ0n) is 11.4. The molecule has 0 saturated heterocycles. The van der Waals surface area contributed by atoms with E-state index in [4.69, 9.17) is 4.74 Å².